The molecule has 1 N–H and O–H groups in total. The minimum atomic E-state index is -3.89. The Morgan fingerprint density at radius 3 is 2.38 bits per heavy atom. The number of hydrogen-bond acceptors (Lipinski definition) is 5. The minimum absolute atomic E-state index is 0. The molecule has 1 aromatic rings. The lowest BCUT2D eigenvalue weighted by Crippen LogP contribution is -2.36. The van der Waals surface area contributed by atoms with Gasteiger partial charge in [0.2, 0.25) is 0 Å². The largest absolute Gasteiger partial charge is 0.338 e. The Labute approximate surface area is 159 Å². The van der Waals surface area contributed by atoms with Crippen molar-refractivity contribution in [3.05, 3.63) is 29.3 Å². The molecule has 9 heteroatoms. The summed E-state index contributed by atoms with van der Waals surface area (Å²) < 4.78 is 26.2. The molecule has 142 valence electrons. The van der Waals surface area contributed by atoms with E-state index in [4.69, 9.17) is 0 Å². The third kappa shape index (κ3) is 2.71. The Kier molecular flexibility index (Phi) is 4.79. The van der Waals surface area contributed by atoms with E-state index in [1.807, 2.05) is 0 Å². The Bertz CT molecular complexity index is 859. The van der Waals surface area contributed by atoms with Crippen LogP contribution in [0, 0.1) is 11.8 Å². The first-order valence-corrected chi connectivity index (χ1v) is 9.97. The number of halogens is 1. The maximum absolute atomic E-state index is 12.8. The number of hydrogen-bond donors (Lipinski definition) is 1. The van der Waals surface area contributed by atoms with Gasteiger partial charge >= 0.3 is 0 Å². The van der Waals surface area contributed by atoms with Crippen LogP contribution in [0.4, 0.5) is 0 Å². The molecule has 26 heavy (non-hydrogen) atoms. The molecule has 7 nitrogen and oxygen atoms in total. The summed E-state index contributed by atoms with van der Waals surface area (Å²) in [6, 6.07) is 3.92. The number of nitrogens with zero attached hydrogens (tertiary/aromatic N) is 2. The molecule has 0 unspecified atom stereocenters. The molecule has 3 aliphatic heterocycles. The van der Waals surface area contributed by atoms with E-state index in [9.17, 15) is 18.0 Å². The molecular weight excluding hydrogens is 378 g/mol. The number of rotatable bonds is 2. The van der Waals surface area contributed by atoms with Gasteiger partial charge in [-0.3, -0.25) is 9.59 Å². The molecule has 0 aliphatic carbocycles. The number of amides is 2. The number of sulfonamides is 1. The average molecular weight is 400 g/mol. The van der Waals surface area contributed by atoms with Crippen LogP contribution in [0.1, 0.15) is 34.6 Å². The first kappa shape index (κ1) is 19.1. The summed E-state index contributed by atoms with van der Waals surface area (Å²) in [5.74, 6) is 0.258. The quantitative estimate of drug-likeness (QED) is 0.800. The molecule has 1 aromatic carbocycles. The van der Waals surface area contributed by atoms with Crippen LogP contribution >= 0.6 is 12.4 Å². The Balaban J connectivity index is 0.00000196. The van der Waals surface area contributed by atoms with Crippen LogP contribution in [0.3, 0.4) is 0 Å². The van der Waals surface area contributed by atoms with Crippen molar-refractivity contribution in [2.75, 3.05) is 26.2 Å². The Morgan fingerprint density at radius 2 is 1.81 bits per heavy atom. The normalized spacial score (nSPS) is 26.0. The summed E-state index contributed by atoms with van der Waals surface area (Å²) in [6.07, 6.45) is 0. The monoisotopic (exact) mass is 399 g/mol. The summed E-state index contributed by atoms with van der Waals surface area (Å²) in [5, 5.41) is 3.33. The van der Waals surface area contributed by atoms with Gasteiger partial charge in [-0.25, -0.2) is 12.7 Å². The summed E-state index contributed by atoms with van der Waals surface area (Å²) in [7, 11) is -3.89. The molecule has 2 amide bonds. The number of benzene rings is 1. The summed E-state index contributed by atoms with van der Waals surface area (Å²) in [4.78, 5) is 26.9. The fourth-order valence-electron chi connectivity index (χ4n) is 4.10. The highest BCUT2D eigenvalue weighted by Crippen LogP contribution is 2.33. The number of likely N-dealkylation sites (tertiary alicyclic amines) is 1. The first-order valence-electron chi connectivity index (χ1n) is 8.53. The fraction of sp³-hybridized carbons (Fsp3) is 0.529. The van der Waals surface area contributed by atoms with E-state index in [-0.39, 0.29) is 28.8 Å². The maximum Gasteiger partial charge on any atom is 0.269 e. The van der Waals surface area contributed by atoms with Crippen molar-refractivity contribution in [3.8, 4) is 0 Å². The van der Waals surface area contributed by atoms with Crippen LogP contribution in [0.2, 0.25) is 0 Å². The van der Waals surface area contributed by atoms with E-state index in [0.29, 0.717) is 30.5 Å². The zero-order chi connectivity index (χ0) is 17.9. The average Bonchev–Trinajstić information content (AvgIpc) is 3.18. The van der Waals surface area contributed by atoms with E-state index < -0.39 is 22.0 Å². The van der Waals surface area contributed by atoms with Gasteiger partial charge in [0.25, 0.3) is 21.8 Å². The molecule has 0 radical (unpaired) electrons. The second-order valence-electron chi connectivity index (χ2n) is 7.30. The van der Waals surface area contributed by atoms with Crippen molar-refractivity contribution in [3.63, 3.8) is 0 Å². The SMILES string of the molecule is CC(C)N1C(=O)c2ccc(C(=O)N3C[C@H]4CNC[C@H]4C3)cc2S1(=O)=O.Cl. The Morgan fingerprint density at radius 1 is 1.19 bits per heavy atom. The molecule has 2 atom stereocenters. The molecule has 3 aliphatic rings. The number of fused-ring (bicyclic) bond motifs is 2. The van der Waals surface area contributed by atoms with Crippen LogP contribution in [0.25, 0.3) is 0 Å². The zero-order valence-corrected chi connectivity index (χ0v) is 16.3. The fourth-order valence-corrected chi connectivity index (χ4v) is 5.89. The van der Waals surface area contributed by atoms with Gasteiger partial charge in [0.1, 0.15) is 4.90 Å². The molecular formula is C17H22ClN3O4S. The molecule has 2 fully saturated rings. The van der Waals surface area contributed by atoms with Gasteiger partial charge < -0.3 is 10.2 Å². The zero-order valence-electron chi connectivity index (χ0n) is 14.6. The van der Waals surface area contributed by atoms with Crippen molar-refractivity contribution < 1.29 is 18.0 Å². The highest BCUT2D eigenvalue weighted by molar-refractivity contribution is 7.90. The van der Waals surface area contributed by atoms with Gasteiger partial charge in [-0.05, 0) is 43.9 Å². The lowest BCUT2D eigenvalue weighted by molar-refractivity contribution is 0.0779. The van der Waals surface area contributed by atoms with Crippen molar-refractivity contribution in [2.24, 2.45) is 11.8 Å². The van der Waals surface area contributed by atoms with Crippen LogP contribution in [-0.2, 0) is 10.0 Å². The molecule has 4 rings (SSSR count). The van der Waals surface area contributed by atoms with Crippen molar-refractivity contribution in [2.45, 2.75) is 24.8 Å². The highest BCUT2D eigenvalue weighted by atomic mass is 35.5. The second kappa shape index (κ2) is 6.51. The predicted octanol–water partition coefficient (Wildman–Crippen LogP) is 0.953. The lowest BCUT2D eigenvalue weighted by Gasteiger charge is -2.19. The van der Waals surface area contributed by atoms with E-state index in [1.165, 1.54) is 12.1 Å². The molecule has 0 bridgehead atoms. The van der Waals surface area contributed by atoms with Crippen LogP contribution in [0.5, 0.6) is 0 Å². The topological polar surface area (TPSA) is 86.8 Å². The third-order valence-electron chi connectivity index (χ3n) is 5.34. The van der Waals surface area contributed by atoms with Gasteiger partial charge in [0.05, 0.1) is 5.56 Å². The van der Waals surface area contributed by atoms with Crippen molar-refractivity contribution in [1.82, 2.24) is 14.5 Å². The molecule has 2 saturated heterocycles. The maximum atomic E-state index is 12.8. The first-order chi connectivity index (χ1) is 11.8. The van der Waals surface area contributed by atoms with Crippen molar-refractivity contribution >= 4 is 34.2 Å². The predicted molar refractivity (Wildman–Crippen MR) is 97.9 cm³/mol. The van der Waals surface area contributed by atoms with E-state index in [1.54, 1.807) is 24.8 Å². The molecule has 0 aromatic heterocycles. The van der Waals surface area contributed by atoms with Crippen LogP contribution in [-0.4, -0.2) is 61.7 Å². The van der Waals surface area contributed by atoms with Gasteiger partial charge in [0.15, 0.2) is 0 Å². The second-order valence-corrected chi connectivity index (χ2v) is 9.08. The number of carbonyl (C=O) groups excluding carboxylic acids is 2. The van der Waals surface area contributed by atoms with E-state index in [0.717, 1.165) is 17.4 Å². The van der Waals surface area contributed by atoms with E-state index >= 15 is 0 Å². The minimum Gasteiger partial charge on any atom is -0.338 e. The molecule has 3 heterocycles. The number of nitrogens with one attached hydrogen (secondary N) is 1. The van der Waals surface area contributed by atoms with Gasteiger partial charge in [-0.15, -0.1) is 12.4 Å². The lowest BCUT2D eigenvalue weighted by atomic mass is 10.0. The summed E-state index contributed by atoms with van der Waals surface area (Å²) in [6.45, 7) is 6.54. The number of carbonyl (C=O) groups is 2. The van der Waals surface area contributed by atoms with Gasteiger partial charge in [0, 0.05) is 37.8 Å². The van der Waals surface area contributed by atoms with Gasteiger partial charge in [-0.1, -0.05) is 0 Å². The standard InChI is InChI=1S/C17H21N3O4S.ClH/c1-10(2)20-17(22)14-4-3-11(5-15(14)25(20,23)24)16(21)19-8-12-6-18-7-13(12)9-19;/h3-5,10,12-13,18H,6-9H2,1-2H3;1H/t12-,13+;. The third-order valence-corrected chi connectivity index (χ3v) is 7.34. The highest BCUT2D eigenvalue weighted by Gasteiger charge is 2.44. The smallest absolute Gasteiger partial charge is 0.269 e. The Hall–Kier alpha value is -1.64. The summed E-state index contributed by atoms with van der Waals surface area (Å²) >= 11 is 0. The molecule has 0 spiro atoms. The summed E-state index contributed by atoms with van der Waals surface area (Å²) in [5.41, 5.74) is 0.474. The van der Waals surface area contributed by atoms with Crippen LogP contribution in [0.15, 0.2) is 23.1 Å². The van der Waals surface area contributed by atoms with Crippen LogP contribution < -0.4 is 5.32 Å². The molecule has 0 saturated carbocycles. The van der Waals surface area contributed by atoms with Gasteiger partial charge in [-0.2, -0.15) is 0 Å². The van der Waals surface area contributed by atoms with Crippen molar-refractivity contribution in [1.29, 1.82) is 0 Å². The van der Waals surface area contributed by atoms with E-state index in [2.05, 4.69) is 5.32 Å².